The van der Waals surface area contributed by atoms with Crippen molar-refractivity contribution in [3.8, 4) is 11.5 Å². The van der Waals surface area contributed by atoms with Gasteiger partial charge in [0.05, 0.1) is 16.6 Å². The summed E-state index contributed by atoms with van der Waals surface area (Å²) in [5.41, 5.74) is 2.65. The molecular weight excluding hydrogens is 484 g/mol. The van der Waals surface area contributed by atoms with E-state index in [1.165, 1.54) is 11.8 Å². The molecule has 0 saturated heterocycles. The molecule has 2 amide bonds. The van der Waals surface area contributed by atoms with Crippen LogP contribution in [0, 0.1) is 0 Å². The van der Waals surface area contributed by atoms with Crippen LogP contribution in [0.15, 0.2) is 76.1 Å². The van der Waals surface area contributed by atoms with Gasteiger partial charge in [-0.2, -0.15) is 10.1 Å². The van der Waals surface area contributed by atoms with Crippen molar-refractivity contribution in [2.24, 2.45) is 10.1 Å². The number of rotatable bonds is 5. The van der Waals surface area contributed by atoms with Crippen LogP contribution < -0.4 is 14.8 Å². The number of fused-ring (bicyclic) bond motifs is 1. The van der Waals surface area contributed by atoms with Gasteiger partial charge in [0, 0.05) is 24.6 Å². The largest absolute Gasteiger partial charge is 0.454 e. The number of aliphatic imine (C=N–C) groups is 1. The van der Waals surface area contributed by atoms with Crippen molar-refractivity contribution in [3.63, 3.8) is 0 Å². The lowest BCUT2D eigenvalue weighted by Crippen LogP contribution is -2.25. The van der Waals surface area contributed by atoms with Crippen LogP contribution in [0.2, 0.25) is 0 Å². The van der Waals surface area contributed by atoms with E-state index in [0.717, 1.165) is 16.2 Å². The van der Waals surface area contributed by atoms with Gasteiger partial charge >= 0.3 is 0 Å². The summed E-state index contributed by atoms with van der Waals surface area (Å²) in [5.74, 6) is 0.635. The summed E-state index contributed by atoms with van der Waals surface area (Å²) in [5, 5.41) is 11.5. The Bertz CT molecular complexity index is 1340. The fourth-order valence-electron chi connectivity index (χ4n) is 4.17. The van der Waals surface area contributed by atoms with Gasteiger partial charge in [-0.1, -0.05) is 48.2 Å². The van der Waals surface area contributed by atoms with Gasteiger partial charge in [0.25, 0.3) is 5.91 Å². The Morgan fingerprint density at radius 1 is 1.09 bits per heavy atom. The Kier molecular flexibility index (Phi) is 5.75. The molecule has 0 radical (unpaired) electrons. The number of nitrogens with one attached hydrogen (secondary N) is 1. The van der Waals surface area contributed by atoms with Gasteiger partial charge in [-0.3, -0.25) is 9.59 Å². The standard InChI is InChI=1S/C25H20N4O4S2/c30-23(26-16-8-9-19-20(11-16)33-14-32-19)13-22-24(31)27-25(35-22)29-18(15-5-2-1-3-6-15)12-17(28-29)21-7-4-10-34-21/h1-11,18,22H,12-14H2,(H,26,30)/t18-,22+/m1/s1. The Labute approximate surface area is 209 Å². The van der Waals surface area contributed by atoms with Crippen LogP contribution in [0.5, 0.6) is 11.5 Å². The van der Waals surface area contributed by atoms with Gasteiger partial charge in [0.2, 0.25) is 12.7 Å². The average molecular weight is 505 g/mol. The van der Waals surface area contributed by atoms with Crippen molar-refractivity contribution in [2.75, 3.05) is 12.1 Å². The zero-order valence-corrected chi connectivity index (χ0v) is 20.1. The summed E-state index contributed by atoms with van der Waals surface area (Å²) >= 11 is 2.93. The number of thioether (sulfide) groups is 1. The van der Waals surface area contributed by atoms with Crippen LogP contribution in [0.1, 0.15) is 29.3 Å². The number of amides is 2. The van der Waals surface area contributed by atoms with Gasteiger partial charge < -0.3 is 14.8 Å². The van der Waals surface area contributed by atoms with Crippen molar-refractivity contribution < 1.29 is 19.1 Å². The Morgan fingerprint density at radius 2 is 1.94 bits per heavy atom. The predicted molar refractivity (Wildman–Crippen MR) is 136 cm³/mol. The quantitative estimate of drug-likeness (QED) is 0.544. The molecule has 3 aliphatic rings. The zero-order chi connectivity index (χ0) is 23.8. The number of hydrazone groups is 1. The Balaban J connectivity index is 1.17. The molecule has 0 aliphatic carbocycles. The molecule has 3 aromatic rings. The topological polar surface area (TPSA) is 92.6 Å². The Hall–Kier alpha value is -3.63. The number of carbonyl (C=O) groups is 2. The number of hydrogen-bond acceptors (Lipinski definition) is 8. The van der Waals surface area contributed by atoms with E-state index in [1.54, 1.807) is 29.5 Å². The van der Waals surface area contributed by atoms with Crippen LogP contribution in [0.4, 0.5) is 5.69 Å². The summed E-state index contributed by atoms with van der Waals surface area (Å²) in [6.07, 6.45) is 0.726. The second-order valence-electron chi connectivity index (χ2n) is 8.16. The highest BCUT2D eigenvalue weighted by Crippen LogP contribution is 2.39. The van der Waals surface area contributed by atoms with Gasteiger partial charge in [-0.15, -0.1) is 11.3 Å². The summed E-state index contributed by atoms with van der Waals surface area (Å²) in [6.45, 7) is 0.164. The maximum atomic E-state index is 12.7. The van der Waals surface area contributed by atoms with E-state index in [2.05, 4.69) is 22.4 Å². The second-order valence-corrected chi connectivity index (χ2v) is 10.3. The first-order chi connectivity index (χ1) is 17.1. The van der Waals surface area contributed by atoms with Crippen molar-refractivity contribution in [1.82, 2.24) is 5.01 Å². The summed E-state index contributed by atoms with van der Waals surface area (Å²) in [4.78, 5) is 30.8. The molecule has 4 heterocycles. The van der Waals surface area contributed by atoms with Crippen molar-refractivity contribution in [3.05, 3.63) is 76.5 Å². The van der Waals surface area contributed by atoms with Crippen LogP contribution in [0.25, 0.3) is 0 Å². The van der Waals surface area contributed by atoms with Crippen LogP contribution in [0.3, 0.4) is 0 Å². The molecule has 0 bridgehead atoms. The third-order valence-corrected chi connectivity index (χ3v) is 7.91. The normalized spacial score (nSPS) is 20.7. The van der Waals surface area contributed by atoms with E-state index in [4.69, 9.17) is 14.6 Å². The summed E-state index contributed by atoms with van der Waals surface area (Å²) in [6, 6.07) is 19.3. The number of hydrogen-bond donors (Lipinski definition) is 1. The van der Waals surface area contributed by atoms with Crippen LogP contribution >= 0.6 is 23.1 Å². The lowest BCUT2D eigenvalue weighted by Gasteiger charge is -2.23. The summed E-state index contributed by atoms with van der Waals surface area (Å²) in [7, 11) is 0. The molecule has 2 aromatic carbocycles. The highest BCUT2D eigenvalue weighted by atomic mass is 32.2. The molecule has 8 nitrogen and oxygen atoms in total. The number of thiophene rings is 1. The van der Waals surface area contributed by atoms with E-state index < -0.39 is 5.25 Å². The van der Waals surface area contributed by atoms with Crippen LogP contribution in [-0.4, -0.2) is 39.7 Å². The number of anilines is 1. The SMILES string of the molecule is O=C(C[C@@H]1SC(N2N=C(c3cccs3)C[C@@H]2c2ccccc2)=NC1=O)Nc1ccc2c(c1)OCO2. The minimum absolute atomic E-state index is 0.0102. The first-order valence-corrected chi connectivity index (χ1v) is 12.8. The molecule has 1 N–H and O–H groups in total. The monoisotopic (exact) mass is 504 g/mol. The molecule has 1 aromatic heterocycles. The molecule has 0 fully saturated rings. The molecule has 6 rings (SSSR count). The van der Waals surface area contributed by atoms with E-state index in [1.807, 2.05) is 40.7 Å². The van der Waals surface area contributed by atoms with Crippen molar-refractivity contribution in [2.45, 2.75) is 24.1 Å². The molecular formula is C25H20N4O4S2. The molecule has 176 valence electrons. The molecule has 3 aliphatic heterocycles. The van der Waals surface area contributed by atoms with E-state index in [-0.39, 0.29) is 31.1 Å². The number of benzene rings is 2. The molecule has 0 unspecified atom stereocenters. The van der Waals surface area contributed by atoms with E-state index in [9.17, 15) is 9.59 Å². The highest BCUT2D eigenvalue weighted by molar-refractivity contribution is 8.15. The smallest absolute Gasteiger partial charge is 0.262 e. The highest BCUT2D eigenvalue weighted by Gasteiger charge is 2.39. The fourth-order valence-corrected chi connectivity index (χ4v) is 5.95. The zero-order valence-electron chi connectivity index (χ0n) is 18.4. The molecule has 0 saturated carbocycles. The number of ether oxygens (including phenoxy) is 2. The number of amidine groups is 1. The third-order valence-electron chi connectivity index (χ3n) is 5.85. The van der Waals surface area contributed by atoms with Gasteiger partial charge in [0.15, 0.2) is 16.7 Å². The minimum Gasteiger partial charge on any atom is -0.454 e. The van der Waals surface area contributed by atoms with Crippen LogP contribution in [-0.2, 0) is 9.59 Å². The van der Waals surface area contributed by atoms with Crippen molar-refractivity contribution >= 4 is 51.5 Å². The maximum absolute atomic E-state index is 12.7. The lowest BCUT2D eigenvalue weighted by atomic mass is 10.0. The van der Waals surface area contributed by atoms with E-state index in [0.29, 0.717) is 28.8 Å². The maximum Gasteiger partial charge on any atom is 0.262 e. The molecule has 0 spiro atoms. The van der Waals surface area contributed by atoms with Gasteiger partial charge in [-0.05, 0) is 29.1 Å². The number of nitrogens with zero attached hydrogens (tertiary/aromatic N) is 3. The van der Waals surface area contributed by atoms with E-state index >= 15 is 0 Å². The van der Waals surface area contributed by atoms with Crippen molar-refractivity contribution in [1.29, 1.82) is 0 Å². The number of carbonyl (C=O) groups excluding carboxylic acids is 2. The summed E-state index contributed by atoms with van der Waals surface area (Å²) < 4.78 is 10.7. The second kappa shape index (κ2) is 9.20. The fraction of sp³-hybridized carbons (Fsp3) is 0.200. The van der Waals surface area contributed by atoms with Gasteiger partial charge in [0.1, 0.15) is 5.25 Å². The van der Waals surface area contributed by atoms with Gasteiger partial charge in [-0.25, -0.2) is 5.01 Å². The average Bonchev–Trinajstić information content (AvgIpc) is 3.66. The Morgan fingerprint density at radius 3 is 2.77 bits per heavy atom. The predicted octanol–water partition coefficient (Wildman–Crippen LogP) is 4.65. The minimum atomic E-state index is -0.601. The third kappa shape index (κ3) is 4.42. The first kappa shape index (κ1) is 21.9. The molecule has 35 heavy (non-hydrogen) atoms. The lowest BCUT2D eigenvalue weighted by molar-refractivity contribution is -0.121. The molecule has 10 heteroatoms. The molecule has 2 atom stereocenters. The first-order valence-electron chi connectivity index (χ1n) is 11.1.